The average molecular weight is 219 g/mol. The molecule has 0 aliphatic carbocycles. The fourth-order valence-corrected chi connectivity index (χ4v) is 2.52. The Morgan fingerprint density at radius 2 is 2.25 bits per heavy atom. The predicted molar refractivity (Wildman–Crippen MR) is 67.7 cm³/mol. The zero-order valence-electron chi connectivity index (χ0n) is 10.5. The molecule has 0 saturated carbocycles. The van der Waals surface area contributed by atoms with Crippen LogP contribution in [-0.4, -0.2) is 30.5 Å². The molecule has 0 radical (unpaired) electrons. The standard InChI is InChI=1S/C13H21N3/c1-10-8-13(14-2)15-9-11(10)12-6-4-5-7-16(12)3/h8-9,12H,4-7H2,1-3H3,(H,14,15)/t12-/m1/s1. The van der Waals surface area contributed by atoms with Gasteiger partial charge in [0, 0.05) is 19.3 Å². The van der Waals surface area contributed by atoms with Crippen LogP contribution >= 0.6 is 0 Å². The number of pyridine rings is 1. The number of hydrogen-bond acceptors (Lipinski definition) is 3. The van der Waals surface area contributed by atoms with Crippen LogP contribution in [0, 0.1) is 6.92 Å². The fraction of sp³-hybridized carbons (Fsp3) is 0.615. The summed E-state index contributed by atoms with van der Waals surface area (Å²) in [6.45, 7) is 3.39. The lowest BCUT2D eigenvalue weighted by molar-refractivity contribution is 0.186. The monoisotopic (exact) mass is 219 g/mol. The van der Waals surface area contributed by atoms with Gasteiger partial charge in [-0.25, -0.2) is 4.98 Å². The smallest absolute Gasteiger partial charge is 0.125 e. The minimum Gasteiger partial charge on any atom is -0.373 e. The average Bonchev–Trinajstić information content (AvgIpc) is 2.30. The van der Waals surface area contributed by atoms with Crippen LogP contribution in [0.25, 0.3) is 0 Å². The largest absolute Gasteiger partial charge is 0.373 e. The van der Waals surface area contributed by atoms with Crippen LogP contribution in [0.2, 0.25) is 0 Å². The van der Waals surface area contributed by atoms with Crippen molar-refractivity contribution in [3.05, 3.63) is 23.4 Å². The minimum atomic E-state index is 0.562. The molecule has 2 heterocycles. The van der Waals surface area contributed by atoms with Gasteiger partial charge in [-0.15, -0.1) is 0 Å². The second-order valence-electron chi connectivity index (χ2n) is 4.67. The van der Waals surface area contributed by atoms with Gasteiger partial charge in [0.2, 0.25) is 0 Å². The van der Waals surface area contributed by atoms with E-state index in [4.69, 9.17) is 0 Å². The summed E-state index contributed by atoms with van der Waals surface area (Å²) < 4.78 is 0. The van der Waals surface area contributed by atoms with Crippen LogP contribution < -0.4 is 5.32 Å². The lowest BCUT2D eigenvalue weighted by Crippen LogP contribution is -2.30. The highest BCUT2D eigenvalue weighted by Gasteiger charge is 2.22. The number of rotatable bonds is 2. The third-order valence-electron chi connectivity index (χ3n) is 3.54. The van der Waals surface area contributed by atoms with Gasteiger partial charge in [-0.2, -0.15) is 0 Å². The van der Waals surface area contributed by atoms with Gasteiger partial charge in [0.25, 0.3) is 0 Å². The molecule has 1 fully saturated rings. The van der Waals surface area contributed by atoms with Gasteiger partial charge in [-0.1, -0.05) is 6.42 Å². The second kappa shape index (κ2) is 4.83. The Kier molecular flexibility index (Phi) is 3.44. The van der Waals surface area contributed by atoms with E-state index in [0.717, 1.165) is 5.82 Å². The fourth-order valence-electron chi connectivity index (χ4n) is 2.52. The lowest BCUT2D eigenvalue weighted by atomic mass is 9.94. The van der Waals surface area contributed by atoms with E-state index in [1.807, 2.05) is 13.2 Å². The summed E-state index contributed by atoms with van der Waals surface area (Å²) in [5.74, 6) is 0.958. The van der Waals surface area contributed by atoms with Crippen LogP contribution in [0.15, 0.2) is 12.3 Å². The van der Waals surface area contributed by atoms with Gasteiger partial charge in [0.1, 0.15) is 5.82 Å². The molecule has 0 spiro atoms. The number of likely N-dealkylation sites (tertiary alicyclic amines) is 1. The zero-order valence-corrected chi connectivity index (χ0v) is 10.5. The van der Waals surface area contributed by atoms with Crippen molar-refractivity contribution in [3.63, 3.8) is 0 Å². The van der Waals surface area contributed by atoms with Crippen molar-refractivity contribution in [1.29, 1.82) is 0 Å². The first kappa shape index (κ1) is 11.4. The molecule has 0 unspecified atom stereocenters. The molecule has 1 N–H and O–H groups in total. The third kappa shape index (κ3) is 2.19. The van der Waals surface area contributed by atoms with E-state index in [1.165, 1.54) is 36.9 Å². The number of aromatic nitrogens is 1. The molecular formula is C13H21N3. The summed E-state index contributed by atoms with van der Waals surface area (Å²) >= 11 is 0. The topological polar surface area (TPSA) is 28.2 Å². The Morgan fingerprint density at radius 3 is 2.88 bits per heavy atom. The summed E-state index contributed by atoms with van der Waals surface area (Å²) in [6, 6.07) is 2.70. The maximum Gasteiger partial charge on any atom is 0.125 e. The summed E-state index contributed by atoms with van der Waals surface area (Å²) in [5.41, 5.74) is 2.74. The van der Waals surface area contributed by atoms with E-state index in [1.54, 1.807) is 0 Å². The molecule has 1 saturated heterocycles. The predicted octanol–water partition coefficient (Wildman–Crippen LogP) is 2.59. The summed E-state index contributed by atoms with van der Waals surface area (Å²) in [7, 11) is 4.13. The SMILES string of the molecule is CNc1cc(C)c([C@H]2CCCCN2C)cn1. The van der Waals surface area contributed by atoms with Gasteiger partial charge < -0.3 is 5.32 Å². The maximum atomic E-state index is 4.43. The van der Waals surface area contributed by atoms with Gasteiger partial charge in [-0.3, -0.25) is 4.90 Å². The highest BCUT2D eigenvalue weighted by molar-refractivity contribution is 5.41. The van der Waals surface area contributed by atoms with Gasteiger partial charge in [-0.05, 0) is 50.6 Å². The van der Waals surface area contributed by atoms with Crippen molar-refractivity contribution in [2.45, 2.75) is 32.2 Å². The van der Waals surface area contributed by atoms with E-state index in [2.05, 4.69) is 35.2 Å². The number of nitrogens with one attached hydrogen (secondary N) is 1. The first-order chi connectivity index (χ1) is 7.72. The van der Waals surface area contributed by atoms with Crippen molar-refractivity contribution >= 4 is 5.82 Å². The molecule has 3 nitrogen and oxygen atoms in total. The second-order valence-corrected chi connectivity index (χ2v) is 4.67. The van der Waals surface area contributed by atoms with Crippen LogP contribution in [0.4, 0.5) is 5.82 Å². The molecule has 16 heavy (non-hydrogen) atoms. The van der Waals surface area contributed by atoms with Gasteiger partial charge >= 0.3 is 0 Å². The Hall–Kier alpha value is -1.09. The Labute approximate surface area is 97.9 Å². The van der Waals surface area contributed by atoms with Crippen molar-refractivity contribution in [2.75, 3.05) is 26.0 Å². The normalized spacial score (nSPS) is 22.1. The molecule has 1 aromatic heterocycles. The molecule has 1 atom stereocenters. The third-order valence-corrected chi connectivity index (χ3v) is 3.54. The van der Waals surface area contributed by atoms with E-state index < -0.39 is 0 Å². The van der Waals surface area contributed by atoms with E-state index >= 15 is 0 Å². The number of hydrogen-bond donors (Lipinski definition) is 1. The zero-order chi connectivity index (χ0) is 11.5. The number of anilines is 1. The van der Waals surface area contributed by atoms with E-state index in [-0.39, 0.29) is 0 Å². The number of piperidine rings is 1. The van der Waals surface area contributed by atoms with Gasteiger partial charge in [0.05, 0.1) is 0 Å². The molecule has 0 bridgehead atoms. The summed E-state index contributed by atoms with van der Waals surface area (Å²) in [5, 5.41) is 3.08. The highest BCUT2D eigenvalue weighted by atomic mass is 15.1. The van der Waals surface area contributed by atoms with Crippen molar-refractivity contribution in [1.82, 2.24) is 9.88 Å². The first-order valence-corrected chi connectivity index (χ1v) is 6.07. The van der Waals surface area contributed by atoms with Crippen molar-refractivity contribution in [2.24, 2.45) is 0 Å². The lowest BCUT2D eigenvalue weighted by Gasteiger charge is -2.33. The Bertz CT molecular complexity index is 362. The van der Waals surface area contributed by atoms with Crippen molar-refractivity contribution in [3.8, 4) is 0 Å². The van der Waals surface area contributed by atoms with Crippen molar-refractivity contribution < 1.29 is 0 Å². The molecular weight excluding hydrogens is 198 g/mol. The van der Waals surface area contributed by atoms with E-state index in [9.17, 15) is 0 Å². The molecule has 88 valence electrons. The highest BCUT2D eigenvalue weighted by Crippen LogP contribution is 2.31. The van der Waals surface area contributed by atoms with E-state index in [0.29, 0.717) is 6.04 Å². The summed E-state index contributed by atoms with van der Waals surface area (Å²) in [4.78, 5) is 6.88. The molecule has 1 aliphatic heterocycles. The number of nitrogens with zero attached hydrogens (tertiary/aromatic N) is 2. The number of aryl methyl sites for hydroxylation is 1. The quantitative estimate of drug-likeness (QED) is 0.828. The first-order valence-electron chi connectivity index (χ1n) is 6.07. The van der Waals surface area contributed by atoms with Crippen LogP contribution in [0.5, 0.6) is 0 Å². The Morgan fingerprint density at radius 1 is 1.44 bits per heavy atom. The molecule has 1 aromatic rings. The molecule has 1 aliphatic rings. The Balaban J connectivity index is 2.25. The van der Waals surface area contributed by atoms with Crippen LogP contribution in [0.3, 0.4) is 0 Å². The minimum absolute atomic E-state index is 0.562. The molecule has 2 rings (SSSR count). The van der Waals surface area contributed by atoms with Gasteiger partial charge in [0.15, 0.2) is 0 Å². The molecule has 0 aromatic carbocycles. The maximum absolute atomic E-state index is 4.43. The van der Waals surface area contributed by atoms with Crippen LogP contribution in [0.1, 0.15) is 36.4 Å². The molecule has 0 amide bonds. The summed E-state index contributed by atoms with van der Waals surface area (Å²) in [6.07, 6.45) is 5.96. The van der Waals surface area contributed by atoms with Crippen LogP contribution in [-0.2, 0) is 0 Å². The molecule has 3 heteroatoms.